The van der Waals surface area contributed by atoms with Crippen molar-refractivity contribution in [2.45, 2.75) is 6.42 Å². The third-order valence-electron chi connectivity index (χ3n) is 1.75. The Morgan fingerprint density at radius 2 is 1.67 bits per heavy atom. The molecular weight excluding hydrogens is 164 g/mol. The lowest BCUT2D eigenvalue weighted by molar-refractivity contribution is 0.524. The maximum absolute atomic E-state index is 4.09. The highest BCUT2D eigenvalue weighted by Crippen LogP contribution is 2.07. The van der Waals surface area contributed by atoms with Gasteiger partial charge in [0.15, 0.2) is 0 Å². The molecule has 0 heterocycles. The molecule has 12 heavy (non-hydrogen) atoms. The Bertz CT molecular complexity index is 156. The van der Waals surface area contributed by atoms with E-state index in [9.17, 15) is 0 Å². The fraction of sp³-hybridized carbons (Fsp3) is 0.556. The predicted octanol–water partition coefficient (Wildman–Crippen LogP) is 1.00. The minimum Gasteiger partial charge on any atom is -0.316 e. The molecule has 0 aliphatic carbocycles. The third-order valence-corrected chi connectivity index (χ3v) is 4.67. The fourth-order valence-electron chi connectivity index (χ4n) is 1.48. The molecule has 0 aliphatic heterocycles. The lowest BCUT2D eigenvalue weighted by Crippen LogP contribution is -2.47. The van der Waals surface area contributed by atoms with Gasteiger partial charge in [0.2, 0.25) is 9.12 Å². The van der Waals surface area contributed by atoms with Gasteiger partial charge in [0.25, 0.3) is 0 Å². The summed E-state index contributed by atoms with van der Waals surface area (Å²) < 4.78 is 4.57. The summed E-state index contributed by atoms with van der Waals surface area (Å²) in [5.41, 5.74) is 0. The zero-order valence-electron chi connectivity index (χ0n) is 8.67. The van der Waals surface area contributed by atoms with E-state index >= 15 is 0 Å². The van der Waals surface area contributed by atoms with Crippen molar-refractivity contribution in [3.05, 3.63) is 24.4 Å². The first kappa shape index (κ1) is 11.6. The second kappa shape index (κ2) is 5.30. The SMILES string of the molecule is C=CCC(=C)[SiH](N(C)C)N(C)C. The van der Waals surface area contributed by atoms with Gasteiger partial charge in [-0.1, -0.05) is 11.3 Å². The van der Waals surface area contributed by atoms with Crippen LogP contribution < -0.4 is 0 Å². The van der Waals surface area contributed by atoms with Crippen LogP contribution in [-0.2, 0) is 0 Å². The summed E-state index contributed by atoms with van der Waals surface area (Å²) >= 11 is 0. The molecule has 0 fully saturated rings. The van der Waals surface area contributed by atoms with Crippen LogP contribution in [0.25, 0.3) is 0 Å². The highest BCUT2D eigenvalue weighted by atomic mass is 28.3. The van der Waals surface area contributed by atoms with E-state index in [-0.39, 0.29) is 0 Å². The molecule has 0 aromatic heterocycles. The van der Waals surface area contributed by atoms with E-state index in [0.717, 1.165) is 6.42 Å². The first-order valence-electron chi connectivity index (χ1n) is 4.12. The van der Waals surface area contributed by atoms with Crippen molar-refractivity contribution in [1.29, 1.82) is 0 Å². The van der Waals surface area contributed by atoms with E-state index in [2.05, 4.69) is 50.5 Å². The number of nitrogens with zero attached hydrogens (tertiary/aromatic N) is 2. The summed E-state index contributed by atoms with van der Waals surface area (Å²) in [5.74, 6) is 0. The summed E-state index contributed by atoms with van der Waals surface area (Å²) in [7, 11) is 7.37. The highest BCUT2D eigenvalue weighted by Gasteiger charge is 2.18. The molecule has 3 heteroatoms. The quantitative estimate of drug-likeness (QED) is 0.465. The molecule has 2 nitrogen and oxygen atoms in total. The Hall–Kier alpha value is -0.383. The van der Waals surface area contributed by atoms with E-state index in [0.29, 0.717) is 0 Å². The summed E-state index contributed by atoms with van der Waals surface area (Å²) in [6.45, 7) is 7.82. The van der Waals surface area contributed by atoms with E-state index in [1.165, 1.54) is 5.20 Å². The van der Waals surface area contributed by atoms with Crippen LogP contribution in [0.4, 0.5) is 0 Å². The Morgan fingerprint density at radius 3 is 1.92 bits per heavy atom. The van der Waals surface area contributed by atoms with Crippen LogP contribution in [0.2, 0.25) is 0 Å². The molecule has 0 bridgehead atoms. The molecule has 0 unspecified atom stereocenters. The van der Waals surface area contributed by atoms with Crippen molar-refractivity contribution >= 4 is 9.12 Å². The number of hydrogen-bond donors (Lipinski definition) is 0. The number of rotatable bonds is 5. The number of allylic oxidation sites excluding steroid dienone is 2. The molecule has 0 aromatic carbocycles. The molecule has 0 rings (SSSR count). The average molecular weight is 184 g/mol. The smallest absolute Gasteiger partial charge is 0.217 e. The maximum atomic E-state index is 4.09. The van der Waals surface area contributed by atoms with Crippen LogP contribution in [0.15, 0.2) is 24.4 Å². The van der Waals surface area contributed by atoms with Gasteiger partial charge in [-0.25, -0.2) is 0 Å². The van der Waals surface area contributed by atoms with Crippen molar-refractivity contribution in [3.8, 4) is 0 Å². The van der Waals surface area contributed by atoms with Gasteiger partial charge in [0.1, 0.15) is 0 Å². The van der Waals surface area contributed by atoms with Gasteiger partial charge in [-0.3, -0.25) is 0 Å². The molecule has 0 N–H and O–H groups in total. The molecule has 70 valence electrons. The van der Waals surface area contributed by atoms with Gasteiger partial charge in [-0.05, 0) is 34.6 Å². The van der Waals surface area contributed by atoms with E-state index in [4.69, 9.17) is 0 Å². The highest BCUT2D eigenvalue weighted by molar-refractivity contribution is 6.60. The molecule has 0 saturated heterocycles. The van der Waals surface area contributed by atoms with Gasteiger partial charge in [0.05, 0.1) is 0 Å². The maximum Gasteiger partial charge on any atom is 0.217 e. The summed E-state index contributed by atoms with van der Waals surface area (Å²) in [6, 6.07) is 0. The Balaban J connectivity index is 4.29. The molecule has 0 radical (unpaired) electrons. The molecule has 0 amide bonds. The molecular formula is C9H20N2Si. The normalized spacial score (nSPS) is 11.2. The van der Waals surface area contributed by atoms with Crippen LogP contribution in [-0.4, -0.2) is 46.4 Å². The zero-order valence-corrected chi connectivity index (χ0v) is 9.83. The van der Waals surface area contributed by atoms with Crippen LogP contribution in [0.1, 0.15) is 6.42 Å². The lowest BCUT2D eigenvalue weighted by atomic mass is 10.4. The Labute approximate surface area is 77.9 Å². The van der Waals surface area contributed by atoms with Crippen LogP contribution in [0, 0.1) is 0 Å². The zero-order chi connectivity index (χ0) is 9.72. The summed E-state index contributed by atoms with van der Waals surface area (Å²) in [5, 5.41) is 1.32. The lowest BCUT2D eigenvalue weighted by Gasteiger charge is -2.29. The molecule has 0 saturated carbocycles. The van der Waals surface area contributed by atoms with Crippen molar-refractivity contribution in [3.63, 3.8) is 0 Å². The van der Waals surface area contributed by atoms with E-state index in [1.807, 2.05) is 6.08 Å². The minimum atomic E-state index is -1.09. The summed E-state index contributed by atoms with van der Waals surface area (Å²) in [4.78, 5) is 0. The molecule has 0 spiro atoms. The standard InChI is InChI=1S/C9H20N2Si/c1-7-8-9(2)12(10(3)4)11(5)6/h7,12H,1-2,8H2,3-6H3. The van der Waals surface area contributed by atoms with E-state index < -0.39 is 9.12 Å². The largest absolute Gasteiger partial charge is 0.316 e. The second-order valence-electron chi connectivity index (χ2n) is 3.45. The molecule has 0 aliphatic rings. The number of hydrogen-bond acceptors (Lipinski definition) is 2. The Kier molecular flexibility index (Phi) is 5.13. The van der Waals surface area contributed by atoms with Gasteiger partial charge in [0, 0.05) is 0 Å². The van der Waals surface area contributed by atoms with Crippen molar-refractivity contribution in [1.82, 2.24) is 9.13 Å². The van der Waals surface area contributed by atoms with Gasteiger partial charge in [-0.15, -0.1) is 13.2 Å². The summed E-state index contributed by atoms with van der Waals surface area (Å²) in [6.07, 6.45) is 2.86. The monoisotopic (exact) mass is 184 g/mol. The predicted molar refractivity (Wildman–Crippen MR) is 58.5 cm³/mol. The van der Waals surface area contributed by atoms with Crippen LogP contribution in [0.5, 0.6) is 0 Å². The van der Waals surface area contributed by atoms with Crippen LogP contribution in [0.3, 0.4) is 0 Å². The van der Waals surface area contributed by atoms with Crippen molar-refractivity contribution in [2.75, 3.05) is 28.2 Å². The van der Waals surface area contributed by atoms with Gasteiger partial charge < -0.3 is 9.13 Å². The first-order chi connectivity index (χ1) is 5.50. The molecule has 0 aromatic rings. The first-order valence-corrected chi connectivity index (χ1v) is 5.73. The van der Waals surface area contributed by atoms with E-state index in [1.54, 1.807) is 0 Å². The second-order valence-corrected chi connectivity index (χ2v) is 7.08. The Morgan fingerprint density at radius 1 is 1.25 bits per heavy atom. The van der Waals surface area contributed by atoms with Crippen LogP contribution >= 0.6 is 0 Å². The van der Waals surface area contributed by atoms with Crippen molar-refractivity contribution in [2.24, 2.45) is 0 Å². The third kappa shape index (κ3) is 3.34. The van der Waals surface area contributed by atoms with Gasteiger partial charge in [-0.2, -0.15) is 0 Å². The average Bonchev–Trinajstić information content (AvgIpc) is 1.85. The topological polar surface area (TPSA) is 6.48 Å². The van der Waals surface area contributed by atoms with Crippen molar-refractivity contribution < 1.29 is 0 Å². The fourth-order valence-corrected chi connectivity index (χ4v) is 4.24. The molecule has 0 atom stereocenters. The minimum absolute atomic E-state index is 0.938. The van der Waals surface area contributed by atoms with Gasteiger partial charge >= 0.3 is 0 Å².